The van der Waals surface area contributed by atoms with Crippen LogP contribution in [-0.2, 0) is 128 Å². The Morgan fingerprint density at radius 3 is 0.724 bits per heavy atom. The zero-order valence-corrected chi connectivity index (χ0v) is 68.9. The van der Waals surface area contributed by atoms with Crippen molar-refractivity contribution >= 4 is 53.7 Å². The van der Waals surface area contributed by atoms with Gasteiger partial charge in [-0.1, -0.05) is 54.4 Å². The highest BCUT2D eigenvalue weighted by Crippen LogP contribution is 2.25. The second-order valence-corrected chi connectivity index (χ2v) is 27.6. The summed E-state index contributed by atoms with van der Waals surface area (Å²) in [6.07, 6.45) is 7.80. The van der Waals surface area contributed by atoms with Crippen LogP contribution in [0.2, 0.25) is 0 Å². The third kappa shape index (κ3) is 66.7. The fourth-order valence-electron chi connectivity index (χ4n) is 6.27. The van der Waals surface area contributed by atoms with Crippen LogP contribution in [-0.4, -0.2) is 229 Å². The van der Waals surface area contributed by atoms with Crippen LogP contribution >= 0.6 is 0 Å². The first-order valence-electron chi connectivity index (χ1n) is 36.6. The molecule has 0 heterocycles. The molecule has 0 saturated heterocycles. The lowest BCUT2D eigenvalue weighted by atomic mass is 9.91. The van der Waals surface area contributed by atoms with E-state index >= 15 is 0 Å². The number of esters is 6. The Bertz CT molecular complexity index is 2130. The van der Waals surface area contributed by atoms with Gasteiger partial charge < -0.3 is 101 Å². The van der Waals surface area contributed by atoms with Crippen molar-refractivity contribution in [3.63, 3.8) is 0 Å². The molecule has 624 valence electrons. The summed E-state index contributed by atoms with van der Waals surface area (Å²) in [5.41, 5.74) is -2.57. The third-order valence-electron chi connectivity index (χ3n) is 16.4. The number of carbonyl (C=O) groups excluding carboxylic acids is 6. The van der Waals surface area contributed by atoms with E-state index in [4.69, 9.17) is 86.4 Å². The minimum Gasteiger partial charge on any atom is -0.481 e. The van der Waals surface area contributed by atoms with Crippen molar-refractivity contribution in [2.24, 2.45) is 32.5 Å². The zero-order chi connectivity index (χ0) is 82.0. The number of rotatable bonds is 57. The van der Waals surface area contributed by atoms with Crippen molar-refractivity contribution in [1.82, 2.24) is 0 Å². The number of hydrogen-bond donors (Lipinski definition) is 3. The van der Waals surface area contributed by atoms with Crippen molar-refractivity contribution in [1.29, 1.82) is 0 Å². The number of carbonyl (C=O) groups is 9. The molecular weight excluding hydrogens is 1380 g/mol. The lowest BCUT2D eigenvalue weighted by Gasteiger charge is -2.23. The topological polar surface area (TPSA) is 380 Å². The lowest BCUT2D eigenvalue weighted by Crippen LogP contribution is -2.33. The first-order chi connectivity index (χ1) is 49.1. The number of ether oxygens (including phenoxy) is 18. The minimum atomic E-state index is -0.942. The first-order valence-corrected chi connectivity index (χ1v) is 36.6. The molecule has 0 amide bonds. The monoisotopic (exact) mass is 1520 g/mol. The molecule has 0 saturated carbocycles. The van der Waals surface area contributed by atoms with Gasteiger partial charge in [0, 0.05) is 45.9 Å². The van der Waals surface area contributed by atoms with Crippen molar-refractivity contribution < 1.29 is 144 Å². The predicted molar refractivity (Wildman–Crippen MR) is 392 cm³/mol. The van der Waals surface area contributed by atoms with Gasteiger partial charge in [0.25, 0.3) is 0 Å². The molecule has 0 spiro atoms. The normalized spacial score (nSPS) is 12.3. The smallest absolute Gasteiger partial charge is 0.311 e. The molecule has 0 aliphatic carbocycles. The van der Waals surface area contributed by atoms with Crippen LogP contribution in [0.4, 0.5) is 0 Å². The Balaban J connectivity index is -0.000000297. The second-order valence-electron chi connectivity index (χ2n) is 27.6. The van der Waals surface area contributed by atoms with Gasteiger partial charge in [-0.25, -0.2) is 0 Å². The average molecular weight is 1530 g/mol. The number of unbranched alkanes of at least 4 members (excludes halogenated alkanes) is 4. The van der Waals surface area contributed by atoms with Crippen LogP contribution in [0, 0.1) is 32.5 Å². The maximum absolute atomic E-state index is 12.1. The van der Waals surface area contributed by atoms with Gasteiger partial charge in [-0.05, 0) is 168 Å². The largest absolute Gasteiger partial charge is 0.481 e. The quantitative estimate of drug-likeness (QED) is 0.0220. The highest BCUT2D eigenvalue weighted by Gasteiger charge is 2.32. The fraction of sp³-hybridized carbons (Fsp3) is 0.880. The minimum absolute atomic E-state index is 0.0183. The summed E-state index contributed by atoms with van der Waals surface area (Å²) in [5.74, 6) is -3.78. The van der Waals surface area contributed by atoms with Gasteiger partial charge in [0.15, 0.2) is 0 Å². The van der Waals surface area contributed by atoms with E-state index < -0.39 is 52.5 Å². The van der Waals surface area contributed by atoms with Gasteiger partial charge in [0.1, 0.15) is 78.9 Å². The third-order valence-corrected chi connectivity index (χ3v) is 16.4. The fourth-order valence-corrected chi connectivity index (χ4v) is 6.27. The van der Waals surface area contributed by atoms with Gasteiger partial charge in [-0.2, -0.15) is 0 Å². The van der Waals surface area contributed by atoms with Crippen molar-refractivity contribution in [2.75, 3.05) is 141 Å². The maximum atomic E-state index is 12.1. The van der Waals surface area contributed by atoms with Gasteiger partial charge in [0.05, 0.1) is 86.7 Å². The van der Waals surface area contributed by atoms with Crippen LogP contribution in [0.1, 0.15) is 242 Å². The summed E-state index contributed by atoms with van der Waals surface area (Å²) >= 11 is 0. The van der Waals surface area contributed by atoms with Gasteiger partial charge in [0.2, 0.25) is 0 Å². The summed E-state index contributed by atoms with van der Waals surface area (Å²) in [6, 6.07) is 0. The summed E-state index contributed by atoms with van der Waals surface area (Å²) in [7, 11) is 4.25. The molecule has 0 radical (unpaired) electrons. The van der Waals surface area contributed by atoms with Crippen LogP contribution in [0.25, 0.3) is 0 Å². The van der Waals surface area contributed by atoms with E-state index in [2.05, 4.69) is 14.2 Å². The van der Waals surface area contributed by atoms with Crippen LogP contribution in [0.3, 0.4) is 0 Å². The van der Waals surface area contributed by atoms with E-state index in [-0.39, 0.29) is 158 Å². The van der Waals surface area contributed by atoms with Gasteiger partial charge in [-0.3, -0.25) is 43.2 Å². The van der Waals surface area contributed by atoms with E-state index in [1.807, 2.05) is 145 Å². The van der Waals surface area contributed by atoms with E-state index in [0.29, 0.717) is 71.6 Å². The summed E-state index contributed by atoms with van der Waals surface area (Å²) in [5, 5.41) is 25.7. The van der Waals surface area contributed by atoms with E-state index in [1.54, 1.807) is 0 Å². The van der Waals surface area contributed by atoms with E-state index in [1.165, 1.54) is 21.3 Å². The molecule has 0 aliphatic heterocycles. The molecule has 0 aromatic rings. The predicted octanol–water partition coefficient (Wildman–Crippen LogP) is 12.6. The number of carboxylic acids is 3. The highest BCUT2D eigenvalue weighted by atomic mass is 16.7. The molecule has 0 aromatic carbocycles. The Labute approximate surface area is 629 Å². The molecule has 30 heteroatoms. The van der Waals surface area contributed by atoms with Crippen molar-refractivity contribution in [2.45, 2.75) is 260 Å². The summed E-state index contributed by atoms with van der Waals surface area (Å²) in [6.45, 7) is 43.3. The standard InChI is InChI=1S/C20H38O8.C18H34O8.C16H30O8.3C7H14O2/c1-5-20(3,4)19(23)27-14-17(13-26-15-24-6-2)28-16-25-12-10-8-7-9-11-18(21)22;1-5-18(3,4)17(21)25-12-15(11-24-13-22-6-2)26-14-23-10-8-7-9-16(19)20;1-5-16(3,4)15(19)23-10-13(9-22-11-20-6-2)24-12-21-8-7-14(17)18;3*1-5-7(2,3)6(8)9-4/h17H,5-16H2,1-4H3,(H,21,22);15H,5-14H2,1-4H3,(H,19,20);13H,5-12H2,1-4H3,(H,17,18);3*5H2,1-4H3. The molecule has 0 aromatic heterocycles. The highest BCUT2D eigenvalue weighted by molar-refractivity contribution is 5.78. The van der Waals surface area contributed by atoms with Crippen molar-refractivity contribution in [3.05, 3.63) is 0 Å². The number of methoxy groups -OCH3 is 3. The average Bonchev–Trinajstić information content (AvgIpc) is 0.910. The Morgan fingerprint density at radius 1 is 0.267 bits per heavy atom. The van der Waals surface area contributed by atoms with Crippen LogP contribution < -0.4 is 0 Å². The Morgan fingerprint density at radius 2 is 0.495 bits per heavy atom. The summed E-state index contributed by atoms with van der Waals surface area (Å²) in [4.78, 5) is 99.9. The Kier molecular flexibility index (Phi) is 71.7. The molecule has 30 nitrogen and oxygen atoms in total. The molecule has 105 heavy (non-hydrogen) atoms. The molecule has 3 N–H and O–H groups in total. The van der Waals surface area contributed by atoms with Crippen LogP contribution in [0.5, 0.6) is 0 Å². The number of carboxylic acid groups (broad SMARTS) is 3. The first kappa shape index (κ1) is 111. The van der Waals surface area contributed by atoms with Gasteiger partial charge >= 0.3 is 53.7 Å². The molecule has 0 rings (SSSR count). The molecular formula is C75H144O30. The molecule has 0 bridgehead atoms. The van der Waals surface area contributed by atoms with Crippen LogP contribution in [0.15, 0.2) is 0 Å². The molecule has 0 aliphatic rings. The molecule has 3 unspecified atom stereocenters. The van der Waals surface area contributed by atoms with E-state index in [9.17, 15) is 43.2 Å². The number of aliphatic carboxylic acids is 3. The number of hydrogen-bond acceptors (Lipinski definition) is 27. The zero-order valence-electron chi connectivity index (χ0n) is 68.9. The molecule has 0 fully saturated rings. The second kappa shape index (κ2) is 68.1. The maximum Gasteiger partial charge on any atom is 0.311 e. The SMILES string of the molecule is CCC(C)(C)C(=O)OC.CCC(C)(C)C(=O)OC.CCC(C)(C)C(=O)OC.CCOCOCC(COC(=O)C(C)(C)CC)OCOCCC(=O)O.CCOCOCC(COC(=O)C(C)(C)CC)OCOCCCCC(=O)O.CCOCOCC(COC(=O)C(C)(C)CC)OCOCCCCCCC(=O)O. The molecule has 3 atom stereocenters. The Hall–Kier alpha value is -5.25. The van der Waals surface area contributed by atoms with Gasteiger partial charge in [-0.15, -0.1) is 0 Å². The van der Waals surface area contributed by atoms with Crippen molar-refractivity contribution in [3.8, 4) is 0 Å². The lowest BCUT2D eigenvalue weighted by molar-refractivity contribution is -0.172. The van der Waals surface area contributed by atoms with E-state index in [0.717, 1.165) is 38.5 Å². The summed E-state index contributed by atoms with van der Waals surface area (Å²) < 4.78 is 93.4.